The molecule has 0 aromatic rings. The first kappa shape index (κ1) is 7.88. The maximum Gasteiger partial charge on any atom is 0.308 e. The Morgan fingerprint density at radius 2 is 2.60 bits per heavy atom. The van der Waals surface area contributed by atoms with Gasteiger partial charge >= 0.3 is 5.97 Å². The number of aliphatic carboxylic acids is 1. The molecule has 0 radical (unpaired) electrons. The van der Waals surface area contributed by atoms with Gasteiger partial charge < -0.3 is 10.4 Å². The van der Waals surface area contributed by atoms with E-state index in [2.05, 4.69) is 5.32 Å². The van der Waals surface area contributed by atoms with Gasteiger partial charge in [0, 0.05) is 12.3 Å². The van der Waals surface area contributed by atoms with Gasteiger partial charge in [-0.1, -0.05) is 0 Å². The Labute approximate surface area is 64.2 Å². The number of carboxylic acids is 1. The van der Waals surface area contributed by atoms with E-state index in [0.29, 0.717) is 0 Å². The van der Waals surface area contributed by atoms with Crippen molar-refractivity contribution in [3.05, 3.63) is 0 Å². The van der Waals surface area contributed by atoms with Crippen LogP contribution >= 0.6 is 11.8 Å². The van der Waals surface area contributed by atoms with Crippen molar-refractivity contribution in [3.63, 3.8) is 0 Å². The van der Waals surface area contributed by atoms with Crippen molar-refractivity contribution in [1.82, 2.24) is 5.32 Å². The van der Waals surface area contributed by atoms with Gasteiger partial charge in [0.25, 0.3) is 0 Å². The molecule has 2 unspecified atom stereocenters. The number of hydrogen-bond donors (Lipinski definition) is 2. The van der Waals surface area contributed by atoms with Crippen LogP contribution in [-0.2, 0) is 4.79 Å². The molecule has 1 aliphatic heterocycles. The number of thioether (sulfide) groups is 1. The van der Waals surface area contributed by atoms with Gasteiger partial charge in [0.1, 0.15) is 0 Å². The summed E-state index contributed by atoms with van der Waals surface area (Å²) in [4.78, 5) is 10.4. The second-order valence-electron chi connectivity index (χ2n) is 2.37. The Morgan fingerprint density at radius 1 is 1.90 bits per heavy atom. The van der Waals surface area contributed by atoms with E-state index in [1.807, 2.05) is 0 Å². The van der Waals surface area contributed by atoms with E-state index in [-0.39, 0.29) is 11.3 Å². The Bertz CT molecular complexity index is 134. The first-order valence-electron chi connectivity index (χ1n) is 3.29. The van der Waals surface area contributed by atoms with Gasteiger partial charge in [-0.05, 0) is 6.92 Å². The first-order valence-corrected chi connectivity index (χ1v) is 4.34. The normalized spacial score (nSPS) is 28.3. The van der Waals surface area contributed by atoms with Crippen molar-refractivity contribution < 1.29 is 9.90 Å². The summed E-state index contributed by atoms with van der Waals surface area (Å²) >= 11 is 1.69. The highest BCUT2D eigenvalue weighted by Crippen LogP contribution is 2.21. The Morgan fingerprint density at radius 3 is 3.00 bits per heavy atom. The summed E-state index contributed by atoms with van der Waals surface area (Å²) in [6.45, 7) is 2.67. The van der Waals surface area contributed by atoms with Crippen LogP contribution in [0.25, 0.3) is 0 Å². The Balaban J connectivity index is 2.39. The third-order valence-electron chi connectivity index (χ3n) is 1.59. The highest BCUT2D eigenvalue weighted by Gasteiger charge is 2.26. The van der Waals surface area contributed by atoms with Crippen LogP contribution in [-0.4, -0.2) is 28.7 Å². The van der Waals surface area contributed by atoms with Crippen molar-refractivity contribution in [2.75, 3.05) is 12.3 Å². The molecule has 1 saturated heterocycles. The van der Waals surface area contributed by atoms with Gasteiger partial charge in [0.15, 0.2) is 0 Å². The molecule has 0 spiro atoms. The van der Waals surface area contributed by atoms with E-state index in [1.165, 1.54) is 0 Å². The molecule has 0 aliphatic carbocycles. The van der Waals surface area contributed by atoms with Crippen molar-refractivity contribution in [2.45, 2.75) is 12.3 Å². The van der Waals surface area contributed by atoms with Gasteiger partial charge in [-0.3, -0.25) is 4.79 Å². The number of carbonyl (C=O) groups is 1. The number of rotatable bonds is 2. The zero-order valence-electron chi connectivity index (χ0n) is 5.83. The second-order valence-corrected chi connectivity index (χ2v) is 3.62. The van der Waals surface area contributed by atoms with E-state index in [9.17, 15) is 4.79 Å². The van der Waals surface area contributed by atoms with Crippen molar-refractivity contribution in [3.8, 4) is 0 Å². The lowest BCUT2D eigenvalue weighted by Gasteiger charge is -2.12. The molecule has 1 fully saturated rings. The lowest BCUT2D eigenvalue weighted by atomic mass is 10.2. The van der Waals surface area contributed by atoms with Crippen LogP contribution in [0, 0.1) is 5.92 Å². The summed E-state index contributed by atoms with van der Waals surface area (Å²) < 4.78 is 0. The lowest BCUT2D eigenvalue weighted by Crippen LogP contribution is -2.31. The van der Waals surface area contributed by atoms with Crippen LogP contribution in [0.4, 0.5) is 0 Å². The van der Waals surface area contributed by atoms with Gasteiger partial charge in [-0.2, -0.15) is 0 Å². The minimum absolute atomic E-state index is 0.123. The van der Waals surface area contributed by atoms with E-state index < -0.39 is 5.97 Å². The maximum absolute atomic E-state index is 10.4. The number of hydrogen-bond acceptors (Lipinski definition) is 3. The van der Waals surface area contributed by atoms with Crippen LogP contribution in [0.2, 0.25) is 0 Å². The van der Waals surface area contributed by atoms with Crippen molar-refractivity contribution in [1.29, 1.82) is 0 Å². The molecule has 3 nitrogen and oxygen atoms in total. The zero-order valence-corrected chi connectivity index (χ0v) is 6.65. The molecule has 2 N–H and O–H groups in total. The van der Waals surface area contributed by atoms with E-state index >= 15 is 0 Å². The standard InChI is InChI=1S/C6H11NO2S/c1-4(6(8)9)5-7-2-3-10-5/h4-5,7H,2-3H2,1H3,(H,8,9). The van der Waals surface area contributed by atoms with Gasteiger partial charge in [-0.25, -0.2) is 0 Å². The molecule has 0 aromatic carbocycles. The zero-order chi connectivity index (χ0) is 7.56. The monoisotopic (exact) mass is 161 g/mol. The summed E-state index contributed by atoms with van der Waals surface area (Å²) in [6, 6.07) is 0. The Hall–Kier alpha value is -0.220. The molecule has 2 atom stereocenters. The summed E-state index contributed by atoms with van der Waals surface area (Å²) in [5.74, 6) is 0.0434. The number of nitrogens with one attached hydrogen (secondary N) is 1. The maximum atomic E-state index is 10.4. The topological polar surface area (TPSA) is 49.3 Å². The minimum Gasteiger partial charge on any atom is -0.481 e. The molecule has 0 saturated carbocycles. The average molecular weight is 161 g/mol. The van der Waals surface area contributed by atoms with E-state index in [0.717, 1.165) is 12.3 Å². The van der Waals surface area contributed by atoms with Crippen molar-refractivity contribution >= 4 is 17.7 Å². The molecule has 0 bridgehead atoms. The van der Waals surface area contributed by atoms with Gasteiger partial charge in [-0.15, -0.1) is 11.8 Å². The highest BCUT2D eigenvalue weighted by atomic mass is 32.2. The smallest absolute Gasteiger partial charge is 0.308 e. The van der Waals surface area contributed by atoms with Crippen LogP contribution in [0.15, 0.2) is 0 Å². The summed E-state index contributed by atoms with van der Waals surface area (Å²) in [5, 5.41) is 11.8. The van der Waals surface area contributed by atoms with E-state index in [1.54, 1.807) is 18.7 Å². The van der Waals surface area contributed by atoms with Crippen LogP contribution in [0.3, 0.4) is 0 Å². The quantitative estimate of drug-likeness (QED) is 0.614. The molecular formula is C6H11NO2S. The molecule has 1 aliphatic rings. The average Bonchev–Trinajstić information content (AvgIpc) is 2.36. The first-order chi connectivity index (χ1) is 4.72. The fraction of sp³-hybridized carbons (Fsp3) is 0.833. The lowest BCUT2D eigenvalue weighted by molar-refractivity contribution is -0.141. The fourth-order valence-electron chi connectivity index (χ4n) is 0.897. The van der Waals surface area contributed by atoms with E-state index in [4.69, 9.17) is 5.11 Å². The van der Waals surface area contributed by atoms with Gasteiger partial charge in [0.05, 0.1) is 11.3 Å². The minimum atomic E-state index is -0.716. The fourth-order valence-corrected chi connectivity index (χ4v) is 2.03. The van der Waals surface area contributed by atoms with Crippen LogP contribution in [0.1, 0.15) is 6.92 Å². The molecule has 1 rings (SSSR count). The SMILES string of the molecule is CC(C(=O)O)C1NCCS1. The van der Waals surface area contributed by atoms with Gasteiger partial charge in [0.2, 0.25) is 0 Å². The summed E-state index contributed by atoms with van der Waals surface area (Å²) in [6.07, 6.45) is 0. The highest BCUT2D eigenvalue weighted by molar-refractivity contribution is 8.00. The largest absolute Gasteiger partial charge is 0.481 e. The predicted octanol–water partition coefficient (Wildman–Crippen LogP) is 0.370. The third-order valence-corrected chi connectivity index (χ3v) is 2.96. The summed E-state index contributed by atoms with van der Waals surface area (Å²) in [5.41, 5.74) is 0. The molecule has 0 amide bonds. The molecule has 4 heteroatoms. The summed E-state index contributed by atoms with van der Waals surface area (Å²) in [7, 11) is 0. The van der Waals surface area contributed by atoms with Crippen molar-refractivity contribution in [2.24, 2.45) is 5.92 Å². The number of carboxylic acid groups (broad SMARTS) is 1. The van der Waals surface area contributed by atoms with Crippen LogP contribution in [0.5, 0.6) is 0 Å². The second kappa shape index (κ2) is 3.25. The molecule has 0 aromatic heterocycles. The Kier molecular flexibility index (Phi) is 2.56. The third kappa shape index (κ3) is 1.64. The van der Waals surface area contributed by atoms with Crippen LogP contribution < -0.4 is 5.32 Å². The molecular weight excluding hydrogens is 150 g/mol. The molecule has 58 valence electrons. The predicted molar refractivity (Wildman–Crippen MR) is 41.0 cm³/mol. The molecule has 1 heterocycles. The molecule has 10 heavy (non-hydrogen) atoms.